The van der Waals surface area contributed by atoms with Crippen LogP contribution in [0.5, 0.6) is 11.5 Å². The SMILES string of the molecule is CN(CCc1cc(Cl)c2c(c1)OCCCO2)Cc1nc2ccccc2n1C. The van der Waals surface area contributed by atoms with Crippen molar-refractivity contribution in [3.8, 4) is 11.5 Å². The zero-order chi connectivity index (χ0) is 18.8. The maximum absolute atomic E-state index is 6.40. The predicted octanol–water partition coefficient (Wildman–Crippen LogP) is 4.06. The Morgan fingerprint density at radius 3 is 2.85 bits per heavy atom. The minimum absolute atomic E-state index is 0.627. The number of nitrogens with zero attached hydrogens (tertiary/aromatic N) is 3. The fourth-order valence-corrected chi connectivity index (χ4v) is 3.69. The van der Waals surface area contributed by atoms with E-state index in [1.807, 2.05) is 18.2 Å². The van der Waals surface area contributed by atoms with Crippen LogP contribution >= 0.6 is 11.6 Å². The van der Waals surface area contributed by atoms with E-state index in [2.05, 4.69) is 41.8 Å². The number of hydrogen-bond acceptors (Lipinski definition) is 4. The Bertz CT molecular complexity index is 954. The van der Waals surface area contributed by atoms with Crippen LogP contribution in [-0.2, 0) is 20.0 Å². The smallest absolute Gasteiger partial charge is 0.179 e. The molecule has 6 heteroatoms. The molecule has 0 aliphatic carbocycles. The van der Waals surface area contributed by atoms with E-state index in [1.54, 1.807) is 0 Å². The van der Waals surface area contributed by atoms with Gasteiger partial charge in [0.1, 0.15) is 5.82 Å². The maximum Gasteiger partial charge on any atom is 0.179 e. The molecule has 1 aliphatic rings. The summed E-state index contributed by atoms with van der Waals surface area (Å²) in [6.45, 7) is 3.01. The summed E-state index contributed by atoms with van der Waals surface area (Å²) in [5.41, 5.74) is 3.36. The van der Waals surface area contributed by atoms with Gasteiger partial charge in [0.05, 0.1) is 35.8 Å². The summed E-state index contributed by atoms with van der Waals surface area (Å²) < 4.78 is 13.7. The fraction of sp³-hybridized carbons (Fsp3) is 0.381. The topological polar surface area (TPSA) is 39.5 Å². The van der Waals surface area contributed by atoms with Crippen LogP contribution in [0, 0.1) is 0 Å². The minimum atomic E-state index is 0.627. The molecule has 0 N–H and O–H groups in total. The summed E-state index contributed by atoms with van der Waals surface area (Å²) in [6.07, 6.45) is 1.76. The lowest BCUT2D eigenvalue weighted by atomic mass is 10.1. The van der Waals surface area contributed by atoms with Crippen LogP contribution in [-0.4, -0.2) is 41.3 Å². The highest BCUT2D eigenvalue weighted by Gasteiger charge is 2.16. The van der Waals surface area contributed by atoms with Crippen LogP contribution < -0.4 is 9.47 Å². The Labute approximate surface area is 164 Å². The monoisotopic (exact) mass is 385 g/mol. The molecular weight excluding hydrogens is 362 g/mol. The molecule has 3 aromatic rings. The standard InChI is InChI=1S/C21H24ClN3O2/c1-24(14-20-23-17-6-3-4-7-18(17)25(20)2)9-8-15-12-16(22)21-19(13-15)26-10-5-11-27-21/h3-4,6-7,12-13H,5,8-11,14H2,1-2H3. The number of hydrogen-bond donors (Lipinski definition) is 0. The molecule has 1 aliphatic heterocycles. The van der Waals surface area contributed by atoms with E-state index < -0.39 is 0 Å². The molecule has 2 aromatic carbocycles. The maximum atomic E-state index is 6.40. The quantitative estimate of drug-likeness (QED) is 0.664. The predicted molar refractivity (Wildman–Crippen MR) is 108 cm³/mol. The third kappa shape index (κ3) is 3.89. The largest absolute Gasteiger partial charge is 0.489 e. The average Bonchev–Trinajstić information content (AvgIpc) is 2.83. The molecule has 0 unspecified atom stereocenters. The van der Waals surface area contributed by atoms with E-state index in [4.69, 9.17) is 26.1 Å². The first-order chi connectivity index (χ1) is 13.1. The van der Waals surface area contributed by atoms with Gasteiger partial charge >= 0.3 is 0 Å². The van der Waals surface area contributed by atoms with E-state index in [0.717, 1.165) is 54.1 Å². The number of rotatable bonds is 5. The number of aryl methyl sites for hydroxylation is 1. The van der Waals surface area contributed by atoms with Gasteiger partial charge in [0, 0.05) is 20.0 Å². The highest BCUT2D eigenvalue weighted by molar-refractivity contribution is 6.32. The molecular formula is C21H24ClN3O2. The van der Waals surface area contributed by atoms with Gasteiger partial charge in [-0.05, 0) is 43.3 Å². The molecule has 0 bridgehead atoms. The first kappa shape index (κ1) is 18.1. The van der Waals surface area contributed by atoms with Gasteiger partial charge < -0.3 is 14.0 Å². The van der Waals surface area contributed by atoms with E-state index >= 15 is 0 Å². The normalized spacial score (nSPS) is 13.9. The fourth-order valence-electron chi connectivity index (χ4n) is 3.41. The summed E-state index contributed by atoms with van der Waals surface area (Å²) in [7, 11) is 4.19. The van der Waals surface area contributed by atoms with Crippen molar-refractivity contribution in [1.29, 1.82) is 0 Å². The van der Waals surface area contributed by atoms with Crippen LogP contribution in [0.3, 0.4) is 0 Å². The first-order valence-corrected chi connectivity index (χ1v) is 9.66. The first-order valence-electron chi connectivity index (χ1n) is 9.29. The molecule has 5 nitrogen and oxygen atoms in total. The molecule has 2 heterocycles. The molecule has 0 saturated carbocycles. The summed E-state index contributed by atoms with van der Waals surface area (Å²) in [5.74, 6) is 2.49. The molecule has 0 atom stereocenters. The highest BCUT2D eigenvalue weighted by Crippen LogP contribution is 2.38. The van der Waals surface area contributed by atoms with Crippen molar-refractivity contribution < 1.29 is 9.47 Å². The summed E-state index contributed by atoms with van der Waals surface area (Å²) in [4.78, 5) is 7.03. The second-order valence-corrected chi connectivity index (χ2v) is 7.43. The second-order valence-electron chi connectivity index (χ2n) is 7.02. The minimum Gasteiger partial charge on any atom is -0.489 e. The molecule has 4 rings (SSSR count). The van der Waals surface area contributed by atoms with Crippen molar-refractivity contribution in [1.82, 2.24) is 14.5 Å². The Kier molecular flexibility index (Phi) is 5.23. The van der Waals surface area contributed by atoms with Gasteiger partial charge in [0.2, 0.25) is 0 Å². The van der Waals surface area contributed by atoms with Crippen molar-refractivity contribution in [2.75, 3.05) is 26.8 Å². The van der Waals surface area contributed by atoms with Gasteiger partial charge in [0.25, 0.3) is 0 Å². The summed E-state index contributed by atoms with van der Waals surface area (Å²) in [6, 6.07) is 12.3. The summed E-state index contributed by atoms with van der Waals surface area (Å²) in [5, 5.41) is 0.627. The van der Waals surface area contributed by atoms with Crippen molar-refractivity contribution in [3.63, 3.8) is 0 Å². The van der Waals surface area contributed by atoms with Gasteiger partial charge in [-0.15, -0.1) is 0 Å². The van der Waals surface area contributed by atoms with E-state index in [9.17, 15) is 0 Å². The van der Waals surface area contributed by atoms with E-state index in [1.165, 1.54) is 0 Å². The van der Waals surface area contributed by atoms with Crippen molar-refractivity contribution in [3.05, 3.63) is 52.8 Å². The van der Waals surface area contributed by atoms with Crippen molar-refractivity contribution >= 4 is 22.6 Å². The molecule has 0 radical (unpaired) electrons. The Morgan fingerprint density at radius 1 is 1.19 bits per heavy atom. The summed E-state index contributed by atoms with van der Waals surface area (Å²) >= 11 is 6.40. The average molecular weight is 386 g/mol. The van der Waals surface area contributed by atoms with Gasteiger partial charge in [-0.25, -0.2) is 4.98 Å². The molecule has 0 saturated heterocycles. The van der Waals surface area contributed by atoms with E-state index in [-0.39, 0.29) is 0 Å². The van der Waals surface area contributed by atoms with Crippen LogP contribution in [0.1, 0.15) is 17.8 Å². The number of fused-ring (bicyclic) bond motifs is 2. The van der Waals surface area contributed by atoms with Gasteiger partial charge in [-0.2, -0.15) is 0 Å². The molecule has 27 heavy (non-hydrogen) atoms. The Balaban J connectivity index is 1.43. The van der Waals surface area contributed by atoms with Crippen LogP contribution in [0.4, 0.5) is 0 Å². The number of imidazole rings is 1. The van der Waals surface area contributed by atoms with Crippen molar-refractivity contribution in [2.45, 2.75) is 19.4 Å². The number of halogens is 1. The third-order valence-electron chi connectivity index (χ3n) is 4.94. The van der Waals surface area contributed by atoms with Crippen LogP contribution in [0.15, 0.2) is 36.4 Å². The molecule has 142 valence electrons. The number of benzene rings is 2. The number of likely N-dealkylation sites (N-methyl/N-ethyl adjacent to an activating group) is 1. The zero-order valence-electron chi connectivity index (χ0n) is 15.7. The lowest BCUT2D eigenvalue weighted by Gasteiger charge is -2.17. The van der Waals surface area contributed by atoms with Gasteiger partial charge in [-0.3, -0.25) is 4.90 Å². The number of aromatic nitrogens is 2. The lowest BCUT2D eigenvalue weighted by molar-refractivity contribution is 0.297. The third-order valence-corrected chi connectivity index (χ3v) is 5.22. The second kappa shape index (κ2) is 7.79. The van der Waals surface area contributed by atoms with Crippen LogP contribution in [0.25, 0.3) is 11.0 Å². The van der Waals surface area contributed by atoms with Gasteiger partial charge in [-0.1, -0.05) is 23.7 Å². The Hall–Kier alpha value is -2.24. The molecule has 0 spiro atoms. The molecule has 0 amide bonds. The van der Waals surface area contributed by atoms with Gasteiger partial charge in [0.15, 0.2) is 11.5 Å². The number of para-hydroxylation sites is 2. The molecule has 1 aromatic heterocycles. The Morgan fingerprint density at radius 2 is 2.00 bits per heavy atom. The lowest BCUT2D eigenvalue weighted by Crippen LogP contribution is -2.22. The van der Waals surface area contributed by atoms with Crippen LogP contribution in [0.2, 0.25) is 5.02 Å². The number of ether oxygens (including phenoxy) is 2. The van der Waals surface area contributed by atoms with Crippen molar-refractivity contribution in [2.24, 2.45) is 7.05 Å². The molecule has 0 fully saturated rings. The highest BCUT2D eigenvalue weighted by atomic mass is 35.5. The zero-order valence-corrected chi connectivity index (χ0v) is 16.5. The van der Waals surface area contributed by atoms with E-state index in [0.29, 0.717) is 24.0 Å².